The molecule has 0 aliphatic carbocycles. The molecule has 0 unspecified atom stereocenters. The van der Waals surface area contributed by atoms with Crippen molar-refractivity contribution in [2.75, 3.05) is 25.0 Å². The van der Waals surface area contributed by atoms with Gasteiger partial charge in [0.2, 0.25) is 11.8 Å². The van der Waals surface area contributed by atoms with Gasteiger partial charge in [-0.1, -0.05) is 19.0 Å². The number of rotatable bonds is 4. The maximum atomic E-state index is 12.7. The van der Waals surface area contributed by atoms with Crippen molar-refractivity contribution in [3.8, 4) is 0 Å². The van der Waals surface area contributed by atoms with E-state index in [0.29, 0.717) is 18.7 Å². The Morgan fingerprint density at radius 1 is 1.55 bits per heavy atom. The van der Waals surface area contributed by atoms with E-state index in [0.717, 1.165) is 0 Å². The minimum absolute atomic E-state index is 0.0791. The van der Waals surface area contributed by atoms with Crippen molar-refractivity contribution in [3.05, 3.63) is 11.8 Å². The number of hydrogen-bond acceptors (Lipinski definition) is 4. The molecule has 5 nitrogen and oxygen atoms in total. The lowest BCUT2D eigenvalue weighted by atomic mass is 9.97. The molecule has 1 aromatic heterocycles. The number of piperidine rings is 1. The number of alkyl halides is 3. The van der Waals surface area contributed by atoms with Crippen LogP contribution in [0, 0.1) is 5.92 Å². The molecule has 0 saturated carbocycles. The topological polar surface area (TPSA) is 58.4 Å². The van der Waals surface area contributed by atoms with Crippen LogP contribution in [-0.2, 0) is 4.79 Å². The fraction of sp³-hybridized carbons (Fsp3) is 0.714. The molecule has 1 saturated heterocycles. The maximum absolute atomic E-state index is 12.7. The van der Waals surface area contributed by atoms with Gasteiger partial charge in [0.1, 0.15) is 0 Å². The van der Waals surface area contributed by atoms with Crippen LogP contribution in [0.4, 0.5) is 19.1 Å². The van der Waals surface area contributed by atoms with Crippen LogP contribution < -0.4 is 5.32 Å². The largest absolute Gasteiger partial charge is 0.393 e. The summed E-state index contributed by atoms with van der Waals surface area (Å²) in [4.78, 5) is 13.4. The van der Waals surface area contributed by atoms with Crippen LogP contribution in [0.5, 0.6) is 0 Å². The normalized spacial score (nSPS) is 20.4. The summed E-state index contributed by atoms with van der Waals surface area (Å²) in [6.07, 6.45) is -3.63. The quantitative estimate of drug-likeness (QED) is 0.927. The Bertz CT molecular complexity index is 514. The van der Waals surface area contributed by atoms with Gasteiger partial charge in [-0.15, -0.1) is 0 Å². The van der Waals surface area contributed by atoms with E-state index in [1.165, 1.54) is 4.90 Å². The SMILES string of the molecule is CC(C)c1cc(NC(=O)CN2CCC[C@H](C(F)(F)F)C2)on1. The van der Waals surface area contributed by atoms with E-state index in [9.17, 15) is 18.0 Å². The monoisotopic (exact) mass is 319 g/mol. The molecule has 0 spiro atoms. The van der Waals surface area contributed by atoms with Gasteiger partial charge in [0, 0.05) is 12.6 Å². The lowest BCUT2D eigenvalue weighted by molar-refractivity contribution is -0.186. The molecule has 1 N–H and O–H groups in total. The second-order valence-electron chi connectivity index (χ2n) is 5.93. The number of nitrogens with one attached hydrogen (secondary N) is 1. The van der Waals surface area contributed by atoms with Crippen LogP contribution in [0.1, 0.15) is 38.3 Å². The molecular formula is C14H20F3N3O2. The maximum Gasteiger partial charge on any atom is 0.393 e. The zero-order valence-corrected chi connectivity index (χ0v) is 12.6. The van der Waals surface area contributed by atoms with E-state index in [4.69, 9.17) is 4.52 Å². The third-order valence-electron chi connectivity index (χ3n) is 3.72. The Morgan fingerprint density at radius 2 is 2.27 bits per heavy atom. The molecule has 0 bridgehead atoms. The first-order chi connectivity index (χ1) is 10.3. The number of aromatic nitrogens is 1. The van der Waals surface area contributed by atoms with Crippen molar-refractivity contribution in [1.29, 1.82) is 0 Å². The van der Waals surface area contributed by atoms with Gasteiger partial charge in [-0.3, -0.25) is 15.0 Å². The van der Waals surface area contributed by atoms with E-state index in [1.54, 1.807) is 6.07 Å². The number of nitrogens with zero attached hydrogens (tertiary/aromatic N) is 2. The Morgan fingerprint density at radius 3 is 2.86 bits per heavy atom. The lowest BCUT2D eigenvalue weighted by Crippen LogP contribution is -2.44. The zero-order valence-electron chi connectivity index (χ0n) is 12.6. The molecule has 1 aromatic rings. The number of anilines is 1. The number of halogens is 3. The molecule has 0 radical (unpaired) electrons. The summed E-state index contributed by atoms with van der Waals surface area (Å²) < 4.78 is 43.2. The third-order valence-corrected chi connectivity index (χ3v) is 3.72. The summed E-state index contributed by atoms with van der Waals surface area (Å²) in [6, 6.07) is 1.62. The fourth-order valence-corrected chi connectivity index (χ4v) is 2.47. The number of amides is 1. The first kappa shape index (κ1) is 16.8. The van der Waals surface area contributed by atoms with Gasteiger partial charge in [-0.2, -0.15) is 13.2 Å². The standard InChI is InChI=1S/C14H20F3N3O2/c1-9(2)11-6-13(22-19-11)18-12(21)8-20-5-3-4-10(7-20)14(15,16)17/h6,9-10H,3-5,7-8H2,1-2H3,(H,18,21)/t10-/m0/s1. The van der Waals surface area contributed by atoms with E-state index in [2.05, 4.69) is 10.5 Å². The molecule has 2 heterocycles. The lowest BCUT2D eigenvalue weighted by Gasteiger charge is -2.33. The molecular weight excluding hydrogens is 299 g/mol. The van der Waals surface area contributed by atoms with Crippen molar-refractivity contribution >= 4 is 11.8 Å². The summed E-state index contributed by atoms with van der Waals surface area (Å²) >= 11 is 0. The van der Waals surface area contributed by atoms with Crippen molar-refractivity contribution in [2.45, 2.75) is 38.8 Å². The predicted octanol–water partition coefficient (Wildman–Crippen LogP) is 3.01. The average Bonchev–Trinajstić information content (AvgIpc) is 2.86. The number of likely N-dealkylation sites (tertiary alicyclic amines) is 1. The van der Waals surface area contributed by atoms with Crippen molar-refractivity contribution in [1.82, 2.24) is 10.1 Å². The molecule has 1 amide bonds. The van der Waals surface area contributed by atoms with Crippen LogP contribution in [0.25, 0.3) is 0 Å². The van der Waals surface area contributed by atoms with Crippen molar-refractivity contribution in [3.63, 3.8) is 0 Å². The van der Waals surface area contributed by atoms with E-state index in [-0.39, 0.29) is 31.3 Å². The summed E-state index contributed by atoms with van der Waals surface area (Å²) in [6.45, 7) is 4.16. The molecule has 2 rings (SSSR count). The average molecular weight is 319 g/mol. The fourth-order valence-electron chi connectivity index (χ4n) is 2.47. The van der Waals surface area contributed by atoms with Crippen LogP contribution in [0.3, 0.4) is 0 Å². The van der Waals surface area contributed by atoms with E-state index >= 15 is 0 Å². The molecule has 1 atom stereocenters. The summed E-state index contributed by atoms with van der Waals surface area (Å²) in [5.41, 5.74) is 0.713. The van der Waals surface area contributed by atoms with Gasteiger partial charge in [-0.05, 0) is 25.3 Å². The van der Waals surface area contributed by atoms with Gasteiger partial charge in [0.25, 0.3) is 0 Å². The molecule has 8 heteroatoms. The van der Waals surface area contributed by atoms with E-state index in [1.807, 2.05) is 13.8 Å². The van der Waals surface area contributed by atoms with Gasteiger partial charge in [0.15, 0.2) is 0 Å². The van der Waals surface area contributed by atoms with Gasteiger partial charge in [-0.25, -0.2) is 0 Å². The van der Waals surface area contributed by atoms with Gasteiger partial charge >= 0.3 is 6.18 Å². The summed E-state index contributed by atoms with van der Waals surface area (Å²) in [5.74, 6) is -1.36. The highest BCUT2D eigenvalue weighted by Gasteiger charge is 2.41. The highest BCUT2D eigenvalue weighted by Crippen LogP contribution is 2.33. The summed E-state index contributed by atoms with van der Waals surface area (Å²) in [7, 11) is 0. The van der Waals surface area contributed by atoms with Crippen LogP contribution in [0.15, 0.2) is 10.6 Å². The van der Waals surface area contributed by atoms with Crippen LogP contribution >= 0.6 is 0 Å². The minimum Gasteiger partial charge on any atom is -0.338 e. The Kier molecular flexibility index (Phi) is 5.10. The van der Waals surface area contributed by atoms with Crippen molar-refractivity contribution in [2.24, 2.45) is 5.92 Å². The Labute approximate surface area is 126 Å². The highest BCUT2D eigenvalue weighted by molar-refractivity contribution is 5.90. The second kappa shape index (κ2) is 6.68. The summed E-state index contributed by atoms with van der Waals surface area (Å²) in [5, 5.41) is 6.33. The smallest absolute Gasteiger partial charge is 0.338 e. The molecule has 0 aromatic carbocycles. The van der Waals surface area contributed by atoms with Crippen LogP contribution in [-0.4, -0.2) is 41.8 Å². The minimum atomic E-state index is -4.20. The number of carbonyl (C=O) groups excluding carboxylic acids is 1. The van der Waals surface area contributed by atoms with E-state index < -0.39 is 18.0 Å². The Balaban J connectivity index is 1.86. The van der Waals surface area contributed by atoms with Crippen molar-refractivity contribution < 1.29 is 22.5 Å². The molecule has 22 heavy (non-hydrogen) atoms. The first-order valence-electron chi connectivity index (χ1n) is 7.31. The van der Waals surface area contributed by atoms with Gasteiger partial charge in [0.05, 0.1) is 18.2 Å². The van der Waals surface area contributed by atoms with Gasteiger partial charge < -0.3 is 4.52 Å². The first-order valence-corrected chi connectivity index (χ1v) is 7.31. The number of carbonyl (C=O) groups is 1. The molecule has 1 fully saturated rings. The molecule has 124 valence electrons. The highest BCUT2D eigenvalue weighted by atomic mass is 19.4. The van der Waals surface area contributed by atoms with Crippen LogP contribution in [0.2, 0.25) is 0 Å². The zero-order chi connectivity index (χ0) is 16.3. The second-order valence-corrected chi connectivity index (χ2v) is 5.93. The Hall–Kier alpha value is -1.57. The predicted molar refractivity (Wildman–Crippen MR) is 74.4 cm³/mol. The molecule has 1 aliphatic heterocycles. The third kappa shape index (κ3) is 4.46. The molecule has 1 aliphatic rings. The number of hydrogen-bond donors (Lipinski definition) is 1.